The molecule has 1 fully saturated rings. The smallest absolute Gasteiger partial charge is 0.392 e. The van der Waals surface area contributed by atoms with Crippen LogP contribution < -0.4 is 0 Å². The molecule has 1 aromatic carbocycles. The molecule has 1 aromatic rings. The summed E-state index contributed by atoms with van der Waals surface area (Å²) in [7, 11) is 0. The van der Waals surface area contributed by atoms with Gasteiger partial charge < -0.3 is 5.11 Å². The van der Waals surface area contributed by atoms with Gasteiger partial charge in [0.2, 0.25) is 0 Å². The maximum Gasteiger partial charge on any atom is 0.416 e. The Morgan fingerprint density at radius 3 is 2.80 bits per heavy atom. The lowest BCUT2D eigenvalue weighted by atomic mass is 10.0. The van der Waals surface area contributed by atoms with E-state index in [4.69, 9.17) is 5.26 Å². The van der Waals surface area contributed by atoms with Gasteiger partial charge in [-0.15, -0.1) is 0 Å². The van der Waals surface area contributed by atoms with Crippen LogP contribution in [0.4, 0.5) is 13.2 Å². The topological polar surface area (TPSA) is 47.3 Å². The normalized spacial score (nSPS) is 23.8. The summed E-state index contributed by atoms with van der Waals surface area (Å²) in [5, 5.41) is 18.3. The van der Waals surface area contributed by atoms with Crippen LogP contribution in [0.25, 0.3) is 0 Å². The highest BCUT2D eigenvalue weighted by Crippen LogP contribution is 2.36. The molecule has 0 spiro atoms. The van der Waals surface area contributed by atoms with E-state index in [2.05, 4.69) is 0 Å². The number of nitriles is 1. The van der Waals surface area contributed by atoms with Crippen LogP contribution in [0.2, 0.25) is 0 Å². The first kappa shape index (κ1) is 14.8. The van der Waals surface area contributed by atoms with E-state index in [9.17, 15) is 18.3 Å². The van der Waals surface area contributed by atoms with Gasteiger partial charge in [0, 0.05) is 25.6 Å². The van der Waals surface area contributed by atoms with E-state index in [1.165, 1.54) is 6.07 Å². The summed E-state index contributed by atoms with van der Waals surface area (Å²) in [6.07, 6.45) is -4.24. The maximum absolute atomic E-state index is 12.7. The number of nitrogens with zero attached hydrogens (tertiary/aromatic N) is 2. The molecule has 1 heterocycles. The number of β-amino-alcohol motifs (C(OH)–C–C–N with tert-alkyl or cyclic N) is 1. The Morgan fingerprint density at radius 2 is 2.15 bits per heavy atom. The predicted octanol–water partition coefficient (Wildman–Crippen LogP) is 2.73. The SMILES string of the molecule is N#CCCN1C[C@H](O)C[C@H]1c1cccc(C(F)(F)F)c1. The van der Waals surface area contributed by atoms with Crippen molar-refractivity contribution < 1.29 is 18.3 Å². The fraction of sp³-hybridized carbons (Fsp3) is 0.500. The van der Waals surface area contributed by atoms with Gasteiger partial charge in [-0.05, 0) is 24.1 Å². The average molecular weight is 284 g/mol. The van der Waals surface area contributed by atoms with Crippen molar-refractivity contribution in [2.45, 2.75) is 31.2 Å². The van der Waals surface area contributed by atoms with Crippen LogP contribution in [0.15, 0.2) is 24.3 Å². The lowest BCUT2D eigenvalue weighted by Crippen LogP contribution is -2.25. The number of rotatable bonds is 3. The van der Waals surface area contributed by atoms with Gasteiger partial charge in [-0.25, -0.2) is 0 Å². The first-order valence-corrected chi connectivity index (χ1v) is 6.38. The van der Waals surface area contributed by atoms with Gasteiger partial charge in [-0.3, -0.25) is 4.90 Å². The van der Waals surface area contributed by atoms with Gasteiger partial charge >= 0.3 is 6.18 Å². The fourth-order valence-corrected chi connectivity index (χ4v) is 2.59. The number of hydrogen-bond donors (Lipinski definition) is 1. The first-order chi connectivity index (χ1) is 9.41. The molecule has 1 aliphatic heterocycles. The van der Waals surface area contributed by atoms with Crippen LogP contribution in [0, 0.1) is 11.3 Å². The second-order valence-electron chi connectivity index (χ2n) is 4.93. The number of likely N-dealkylation sites (tertiary alicyclic amines) is 1. The van der Waals surface area contributed by atoms with E-state index in [1.807, 2.05) is 11.0 Å². The molecule has 1 saturated heterocycles. The van der Waals surface area contributed by atoms with E-state index in [0.29, 0.717) is 31.5 Å². The quantitative estimate of drug-likeness (QED) is 0.928. The van der Waals surface area contributed by atoms with E-state index in [1.54, 1.807) is 6.07 Å². The fourth-order valence-electron chi connectivity index (χ4n) is 2.59. The zero-order valence-electron chi connectivity index (χ0n) is 10.8. The van der Waals surface area contributed by atoms with Crippen molar-refractivity contribution in [2.24, 2.45) is 0 Å². The van der Waals surface area contributed by atoms with Crippen LogP contribution in [0.3, 0.4) is 0 Å². The second kappa shape index (κ2) is 5.81. The number of benzene rings is 1. The molecule has 6 heteroatoms. The third kappa shape index (κ3) is 3.30. The van der Waals surface area contributed by atoms with Crippen molar-refractivity contribution in [3.8, 4) is 6.07 Å². The standard InChI is InChI=1S/C14H15F3N2O/c15-14(16,17)11-4-1-3-10(7-11)13-8-12(20)9-19(13)6-2-5-18/h1,3-4,7,12-13,20H,2,6,8-9H2/t12-,13+/m1/s1. The summed E-state index contributed by atoms with van der Waals surface area (Å²) in [6.45, 7) is 0.844. The van der Waals surface area contributed by atoms with Crippen LogP contribution in [0.1, 0.15) is 30.0 Å². The van der Waals surface area contributed by atoms with E-state index >= 15 is 0 Å². The van der Waals surface area contributed by atoms with Crippen LogP contribution >= 0.6 is 0 Å². The maximum atomic E-state index is 12.7. The summed E-state index contributed by atoms with van der Waals surface area (Å²) < 4.78 is 38.2. The summed E-state index contributed by atoms with van der Waals surface area (Å²) in [5.41, 5.74) is -0.147. The number of alkyl halides is 3. The highest BCUT2D eigenvalue weighted by Gasteiger charge is 2.34. The van der Waals surface area contributed by atoms with Crippen molar-refractivity contribution in [1.82, 2.24) is 4.90 Å². The van der Waals surface area contributed by atoms with Crippen molar-refractivity contribution in [1.29, 1.82) is 5.26 Å². The molecule has 0 saturated carbocycles. The average Bonchev–Trinajstić information content (AvgIpc) is 2.77. The minimum Gasteiger partial charge on any atom is -0.392 e. The monoisotopic (exact) mass is 284 g/mol. The van der Waals surface area contributed by atoms with Crippen LogP contribution in [-0.2, 0) is 6.18 Å². The van der Waals surface area contributed by atoms with Crippen LogP contribution in [-0.4, -0.2) is 29.2 Å². The van der Waals surface area contributed by atoms with E-state index in [-0.39, 0.29) is 6.04 Å². The minimum absolute atomic E-state index is 0.263. The number of aliphatic hydroxyl groups excluding tert-OH is 1. The van der Waals surface area contributed by atoms with Crippen molar-refractivity contribution in [2.75, 3.05) is 13.1 Å². The summed E-state index contributed by atoms with van der Waals surface area (Å²) in [4.78, 5) is 1.86. The molecule has 0 amide bonds. The first-order valence-electron chi connectivity index (χ1n) is 6.38. The molecular formula is C14H15F3N2O. The molecule has 2 atom stereocenters. The number of hydrogen-bond acceptors (Lipinski definition) is 3. The zero-order valence-corrected chi connectivity index (χ0v) is 10.8. The van der Waals surface area contributed by atoms with E-state index in [0.717, 1.165) is 12.1 Å². The Morgan fingerprint density at radius 1 is 1.40 bits per heavy atom. The number of halogens is 3. The molecule has 2 rings (SSSR count). The second-order valence-corrected chi connectivity index (χ2v) is 4.93. The van der Waals surface area contributed by atoms with Gasteiger partial charge in [0.15, 0.2) is 0 Å². The number of aliphatic hydroxyl groups is 1. The van der Waals surface area contributed by atoms with Crippen molar-refractivity contribution in [3.05, 3.63) is 35.4 Å². The van der Waals surface area contributed by atoms with Gasteiger partial charge in [-0.1, -0.05) is 12.1 Å². The Labute approximate surface area is 115 Å². The molecule has 0 radical (unpaired) electrons. The molecule has 108 valence electrons. The highest BCUT2D eigenvalue weighted by molar-refractivity contribution is 5.29. The third-order valence-electron chi connectivity index (χ3n) is 3.49. The molecule has 0 bridgehead atoms. The lowest BCUT2D eigenvalue weighted by Gasteiger charge is -2.24. The van der Waals surface area contributed by atoms with Gasteiger partial charge in [0.25, 0.3) is 0 Å². The predicted molar refractivity (Wildman–Crippen MR) is 66.6 cm³/mol. The van der Waals surface area contributed by atoms with Gasteiger partial charge in [0.05, 0.1) is 17.7 Å². The molecule has 0 aromatic heterocycles. The van der Waals surface area contributed by atoms with Crippen LogP contribution in [0.5, 0.6) is 0 Å². The molecule has 0 unspecified atom stereocenters. The zero-order chi connectivity index (χ0) is 14.8. The molecule has 1 N–H and O–H groups in total. The summed E-state index contributed by atoms with van der Waals surface area (Å²) >= 11 is 0. The van der Waals surface area contributed by atoms with E-state index < -0.39 is 17.8 Å². The minimum atomic E-state index is -4.37. The Balaban J connectivity index is 2.23. The summed E-state index contributed by atoms with van der Waals surface area (Å²) in [5.74, 6) is 0. The van der Waals surface area contributed by atoms with Gasteiger partial charge in [0.1, 0.15) is 0 Å². The molecular weight excluding hydrogens is 269 g/mol. The Bertz CT molecular complexity index is 510. The van der Waals surface area contributed by atoms with Gasteiger partial charge in [-0.2, -0.15) is 18.4 Å². The molecule has 3 nitrogen and oxygen atoms in total. The molecule has 0 aliphatic carbocycles. The Kier molecular flexibility index (Phi) is 4.31. The molecule has 1 aliphatic rings. The third-order valence-corrected chi connectivity index (χ3v) is 3.49. The highest BCUT2D eigenvalue weighted by atomic mass is 19.4. The Hall–Kier alpha value is -1.58. The largest absolute Gasteiger partial charge is 0.416 e. The van der Waals surface area contributed by atoms with Crippen molar-refractivity contribution >= 4 is 0 Å². The molecule has 20 heavy (non-hydrogen) atoms. The lowest BCUT2D eigenvalue weighted by molar-refractivity contribution is -0.137. The van der Waals surface area contributed by atoms with Crippen molar-refractivity contribution in [3.63, 3.8) is 0 Å². The summed E-state index contributed by atoms with van der Waals surface area (Å²) in [6, 6.07) is 6.93.